The molecule has 0 amide bonds. The topological polar surface area (TPSA) is 72.5 Å². The molecule has 1 atom stereocenters. The molecule has 0 saturated heterocycles. The van der Waals surface area contributed by atoms with E-state index in [0.29, 0.717) is 12.3 Å². The van der Waals surface area contributed by atoms with Gasteiger partial charge in [-0.25, -0.2) is 13.1 Å². The largest absolute Gasteiger partial charge is 0.469 e. The summed E-state index contributed by atoms with van der Waals surface area (Å²) in [6.07, 6.45) is 6.31. The van der Waals surface area contributed by atoms with E-state index in [2.05, 4.69) is 9.46 Å². The molecule has 1 aliphatic rings. The maximum Gasteiger partial charge on any atom is 0.305 e. The van der Waals surface area contributed by atoms with Crippen LogP contribution in [-0.2, 0) is 19.6 Å². The third-order valence-corrected chi connectivity index (χ3v) is 5.30. The van der Waals surface area contributed by atoms with Gasteiger partial charge >= 0.3 is 5.97 Å². The van der Waals surface area contributed by atoms with E-state index >= 15 is 0 Å². The molecule has 1 N–H and O–H groups in total. The maximum absolute atomic E-state index is 11.9. The Kier molecular flexibility index (Phi) is 6.79. The molecule has 0 aromatic heterocycles. The van der Waals surface area contributed by atoms with Crippen LogP contribution >= 0.6 is 0 Å². The maximum atomic E-state index is 11.9. The second-order valence-corrected chi connectivity index (χ2v) is 7.18. The monoisotopic (exact) mass is 291 g/mol. The van der Waals surface area contributed by atoms with Crippen molar-refractivity contribution >= 4 is 16.0 Å². The lowest BCUT2D eigenvalue weighted by Crippen LogP contribution is -2.40. The van der Waals surface area contributed by atoms with Crippen LogP contribution in [-0.4, -0.2) is 33.3 Å². The highest BCUT2D eigenvalue weighted by molar-refractivity contribution is 7.89. The first-order valence-corrected chi connectivity index (χ1v) is 8.66. The third-order valence-electron chi connectivity index (χ3n) is 3.74. The fourth-order valence-electron chi connectivity index (χ4n) is 2.58. The lowest BCUT2D eigenvalue weighted by atomic mass is 9.85. The summed E-state index contributed by atoms with van der Waals surface area (Å²) in [4.78, 5) is 10.9. The van der Waals surface area contributed by atoms with Crippen molar-refractivity contribution in [1.29, 1.82) is 0 Å². The zero-order valence-corrected chi connectivity index (χ0v) is 12.7. The lowest BCUT2D eigenvalue weighted by molar-refractivity contribution is -0.140. The number of carbonyl (C=O) groups is 1. The second kappa shape index (κ2) is 7.85. The van der Waals surface area contributed by atoms with E-state index in [1.165, 1.54) is 26.4 Å². The van der Waals surface area contributed by atoms with Gasteiger partial charge in [-0.15, -0.1) is 0 Å². The molecule has 112 valence electrons. The van der Waals surface area contributed by atoms with Gasteiger partial charge in [-0.1, -0.05) is 19.3 Å². The first kappa shape index (κ1) is 16.4. The van der Waals surface area contributed by atoms with Crippen LogP contribution in [0.25, 0.3) is 0 Å². The van der Waals surface area contributed by atoms with E-state index in [1.807, 2.05) is 6.92 Å². The molecule has 1 saturated carbocycles. The van der Waals surface area contributed by atoms with Crippen LogP contribution in [0.3, 0.4) is 0 Å². The van der Waals surface area contributed by atoms with Crippen LogP contribution in [0.1, 0.15) is 51.9 Å². The first-order chi connectivity index (χ1) is 8.94. The molecular formula is C13H25NO4S. The van der Waals surface area contributed by atoms with Gasteiger partial charge in [0.1, 0.15) is 0 Å². The number of sulfonamides is 1. The van der Waals surface area contributed by atoms with E-state index < -0.39 is 10.0 Å². The van der Waals surface area contributed by atoms with Crippen molar-refractivity contribution in [3.05, 3.63) is 0 Å². The smallest absolute Gasteiger partial charge is 0.305 e. The molecule has 0 radical (unpaired) electrons. The van der Waals surface area contributed by atoms with E-state index in [1.54, 1.807) is 0 Å². The number of rotatable bonds is 7. The van der Waals surface area contributed by atoms with E-state index in [-0.39, 0.29) is 24.2 Å². The molecule has 6 heteroatoms. The molecule has 0 aliphatic heterocycles. The summed E-state index contributed by atoms with van der Waals surface area (Å²) in [6, 6.07) is -0.0107. The highest BCUT2D eigenvalue weighted by Gasteiger charge is 2.23. The molecule has 0 unspecified atom stereocenters. The Labute approximate surface area is 116 Å². The van der Waals surface area contributed by atoms with Crippen molar-refractivity contribution in [3.63, 3.8) is 0 Å². The summed E-state index contributed by atoms with van der Waals surface area (Å²) < 4.78 is 31.0. The van der Waals surface area contributed by atoms with Crippen LogP contribution in [0.15, 0.2) is 0 Å². The van der Waals surface area contributed by atoms with Crippen LogP contribution in [0.2, 0.25) is 0 Å². The average molecular weight is 291 g/mol. The van der Waals surface area contributed by atoms with Gasteiger partial charge in [-0.2, -0.15) is 0 Å². The fraction of sp³-hybridized carbons (Fsp3) is 0.923. The van der Waals surface area contributed by atoms with Crippen molar-refractivity contribution in [1.82, 2.24) is 4.72 Å². The SMILES string of the molecule is COC(=O)CCCS(=O)(=O)N[C@@H](C)C1CCCCC1. The Morgan fingerprint density at radius 2 is 1.95 bits per heavy atom. The third kappa shape index (κ3) is 6.38. The predicted octanol–water partition coefficient (Wildman–Crippen LogP) is 1.83. The number of ether oxygens (including phenoxy) is 1. The van der Waals surface area contributed by atoms with Crippen LogP contribution in [0.5, 0.6) is 0 Å². The Morgan fingerprint density at radius 3 is 2.53 bits per heavy atom. The average Bonchev–Trinajstić information content (AvgIpc) is 2.38. The number of methoxy groups -OCH3 is 1. The predicted molar refractivity (Wildman–Crippen MR) is 74.2 cm³/mol. The molecular weight excluding hydrogens is 266 g/mol. The summed E-state index contributed by atoms with van der Waals surface area (Å²) in [5, 5.41) is 0. The van der Waals surface area contributed by atoms with Crippen molar-refractivity contribution < 1.29 is 17.9 Å². The number of hydrogen-bond donors (Lipinski definition) is 1. The van der Waals surface area contributed by atoms with Crippen LogP contribution in [0.4, 0.5) is 0 Å². The fourth-order valence-corrected chi connectivity index (χ4v) is 3.98. The molecule has 1 fully saturated rings. The van der Waals surface area contributed by atoms with Crippen molar-refractivity contribution in [2.75, 3.05) is 12.9 Å². The molecule has 1 aliphatic carbocycles. The van der Waals surface area contributed by atoms with E-state index in [4.69, 9.17) is 0 Å². The summed E-state index contributed by atoms with van der Waals surface area (Å²) in [6.45, 7) is 1.94. The van der Waals surface area contributed by atoms with Gasteiger partial charge in [0, 0.05) is 12.5 Å². The lowest BCUT2D eigenvalue weighted by Gasteiger charge is -2.28. The van der Waals surface area contributed by atoms with Crippen LogP contribution < -0.4 is 4.72 Å². The molecule has 0 aromatic rings. The van der Waals surface area contributed by atoms with E-state index in [9.17, 15) is 13.2 Å². The zero-order valence-electron chi connectivity index (χ0n) is 11.9. The normalized spacial score (nSPS) is 19.1. The van der Waals surface area contributed by atoms with Gasteiger partial charge in [-0.3, -0.25) is 4.79 Å². The molecule has 1 rings (SSSR count). The van der Waals surface area contributed by atoms with Gasteiger partial charge < -0.3 is 4.74 Å². The minimum atomic E-state index is -3.29. The molecule has 5 nitrogen and oxygen atoms in total. The Hall–Kier alpha value is -0.620. The van der Waals surface area contributed by atoms with Crippen molar-refractivity contribution in [2.45, 2.75) is 57.9 Å². The quantitative estimate of drug-likeness (QED) is 0.726. The van der Waals surface area contributed by atoms with Gasteiger partial charge in [0.15, 0.2) is 0 Å². The molecule has 19 heavy (non-hydrogen) atoms. The number of hydrogen-bond acceptors (Lipinski definition) is 4. The summed E-state index contributed by atoms with van der Waals surface area (Å²) >= 11 is 0. The number of nitrogens with one attached hydrogen (secondary N) is 1. The first-order valence-electron chi connectivity index (χ1n) is 7.01. The number of esters is 1. The molecule has 0 spiro atoms. The van der Waals surface area contributed by atoms with Gasteiger partial charge in [0.25, 0.3) is 0 Å². The van der Waals surface area contributed by atoms with Crippen molar-refractivity contribution in [3.8, 4) is 0 Å². The van der Waals surface area contributed by atoms with Gasteiger partial charge in [0.05, 0.1) is 12.9 Å². The van der Waals surface area contributed by atoms with Crippen molar-refractivity contribution in [2.24, 2.45) is 5.92 Å². The van der Waals surface area contributed by atoms with E-state index in [0.717, 1.165) is 12.8 Å². The standard InChI is InChI=1S/C13H25NO4S/c1-11(12-7-4-3-5-8-12)14-19(16,17)10-6-9-13(15)18-2/h11-12,14H,3-10H2,1-2H3/t11-/m0/s1. The molecule has 0 aromatic carbocycles. The van der Waals surface area contributed by atoms with Gasteiger partial charge in [-0.05, 0) is 32.1 Å². The zero-order chi connectivity index (χ0) is 14.3. The van der Waals surface area contributed by atoms with Gasteiger partial charge in [0.2, 0.25) is 10.0 Å². The Morgan fingerprint density at radius 1 is 1.32 bits per heavy atom. The minimum Gasteiger partial charge on any atom is -0.469 e. The Bertz CT molecular complexity index is 374. The highest BCUT2D eigenvalue weighted by atomic mass is 32.2. The second-order valence-electron chi connectivity index (χ2n) is 5.30. The number of carbonyl (C=O) groups excluding carboxylic acids is 1. The molecule has 0 heterocycles. The minimum absolute atomic E-state index is 0.0107. The summed E-state index contributed by atoms with van der Waals surface area (Å²) in [5.74, 6) is 0.0683. The summed E-state index contributed by atoms with van der Waals surface area (Å²) in [5.41, 5.74) is 0. The molecule has 0 bridgehead atoms. The summed E-state index contributed by atoms with van der Waals surface area (Å²) in [7, 11) is -1.99. The highest BCUT2D eigenvalue weighted by Crippen LogP contribution is 2.26. The Balaban J connectivity index is 2.34. The van der Waals surface area contributed by atoms with Crippen LogP contribution in [0, 0.1) is 5.92 Å².